The molecule has 3 rings (SSSR count). The van der Waals surface area contributed by atoms with Crippen LogP contribution in [0.25, 0.3) is 11.0 Å². The van der Waals surface area contributed by atoms with Gasteiger partial charge in [-0.15, -0.1) is 0 Å². The Morgan fingerprint density at radius 3 is 2.95 bits per heavy atom. The Kier molecular flexibility index (Phi) is 3.45. The van der Waals surface area contributed by atoms with Crippen LogP contribution in [0, 0.1) is 18.7 Å². The van der Waals surface area contributed by atoms with E-state index in [1.165, 1.54) is 18.2 Å². The molecule has 0 aliphatic carbocycles. The third-order valence-electron chi connectivity index (χ3n) is 4.30. The number of carbonyl (C=O) groups excluding carboxylic acids is 1. The van der Waals surface area contributed by atoms with Crippen LogP contribution in [0.1, 0.15) is 29.5 Å². The molecule has 21 heavy (non-hydrogen) atoms. The van der Waals surface area contributed by atoms with Crippen LogP contribution in [0.2, 0.25) is 0 Å². The number of aryl methyl sites for hydroxylation is 1. The maximum atomic E-state index is 13.3. The molecule has 2 unspecified atom stereocenters. The normalized spacial score (nSPS) is 22.8. The molecule has 2 atom stereocenters. The van der Waals surface area contributed by atoms with Crippen molar-refractivity contribution < 1.29 is 18.7 Å². The molecule has 1 N–H and O–H groups in total. The lowest BCUT2D eigenvalue weighted by molar-refractivity contribution is 0.0231. The van der Waals surface area contributed by atoms with E-state index in [0.717, 1.165) is 6.42 Å². The van der Waals surface area contributed by atoms with Crippen molar-refractivity contribution in [1.82, 2.24) is 4.90 Å². The highest BCUT2D eigenvalue weighted by molar-refractivity contribution is 5.99. The Morgan fingerprint density at radius 1 is 1.48 bits per heavy atom. The number of fused-ring (bicyclic) bond motifs is 1. The number of hydrogen-bond acceptors (Lipinski definition) is 3. The van der Waals surface area contributed by atoms with Gasteiger partial charge in [-0.2, -0.15) is 0 Å². The number of aliphatic hydroxyl groups excluding tert-OH is 1. The second kappa shape index (κ2) is 5.15. The summed E-state index contributed by atoms with van der Waals surface area (Å²) < 4.78 is 18.9. The quantitative estimate of drug-likeness (QED) is 0.879. The summed E-state index contributed by atoms with van der Waals surface area (Å²) >= 11 is 0. The predicted octanol–water partition coefficient (Wildman–Crippen LogP) is 2.72. The average molecular weight is 291 g/mol. The van der Waals surface area contributed by atoms with Crippen LogP contribution in [-0.2, 0) is 0 Å². The molecule has 1 fully saturated rings. The second-order valence-electron chi connectivity index (χ2n) is 5.78. The van der Waals surface area contributed by atoms with Crippen molar-refractivity contribution >= 4 is 16.9 Å². The zero-order chi connectivity index (χ0) is 15.1. The minimum atomic E-state index is -0.509. The molecule has 1 amide bonds. The summed E-state index contributed by atoms with van der Waals surface area (Å²) in [6.45, 7) is 4.63. The Morgan fingerprint density at radius 2 is 2.24 bits per heavy atom. The van der Waals surface area contributed by atoms with E-state index >= 15 is 0 Å². The molecule has 0 spiro atoms. The molecule has 0 saturated carbocycles. The number of likely N-dealkylation sites (tertiary alicyclic amines) is 1. The van der Waals surface area contributed by atoms with Gasteiger partial charge in [-0.25, -0.2) is 4.39 Å². The highest BCUT2D eigenvalue weighted by atomic mass is 19.1. The lowest BCUT2D eigenvalue weighted by Crippen LogP contribution is -2.45. The average Bonchev–Trinajstić information content (AvgIpc) is 2.78. The molecule has 1 aromatic carbocycles. The summed E-state index contributed by atoms with van der Waals surface area (Å²) in [5.74, 6) is -0.167. The Labute approximate surface area is 122 Å². The van der Waals surface area contributed by atoms with Crippen molar-refractivity contribution in [2.45, 2.75) is 26.4 Å². The fraction of sp³-hybridized carbons (Fsp3) is 0.438. The van der Waals surface area contributed by atoms with Crippen LogP contribution in [0.15, 0.2) is 22.6 Å². The van der Waals surface area contributed by atoms with Gasteiger partial charge in [0.1, 0.15) is 11.4 Å². The zero-order valence-corrected chi connectivity index (χ0v) is 12.1. The van der Waals surface area contributed by atoms with E-state index in [2.05, 4.69) is 0 Å². The molecule has 2 aromatic rings. The van der Waals surface area contributed by atoms with E-state index in [1.807, 2.05) is 6.92 Å². The Bertz CT molecular complexity index is 694. The SMILES string of the molecule is Cc1c(C(=O)N2CCC(C)C(O)C2)oc2ccc(F)cc12. The van der Waals surface area contributed by atoms with Crippen molar-refractivity contribution in [2.24, 2.45) is 5.92 Å². The first-order valence-corrected chi connectivity index (χ1v) is 7.13. The summed E-state index contributed by atoms with van der Waals surface area (Å²) in [6, 6.07) is 4.21. The van der Waals surface area contributed by atoms with Gasteiger partial charge in [-0.3, -0.25) is 4.79 Å². The summed E-state index contributed by atoms with van der Waals surface area (Å²) in [5, 5.41) is 10.5. The molecule has 1 aliphatic heterocycles. The third-order valence-corrected chi connectivity index (χ3v) is 4.30. The van der Waals surface area contributed by atoms with Gasteiger partial charge in [0.25, 0.3) is 5.91 Å². The fourth-order valence-corrected chi connectivity index (χ4v) is 2.77. The van der Waals surface area contributed by atoms with Crippen molar-refractivity contribution in [3.8, 4) is 0 Å². The van der Waals surface area contributed by atoms with Gasteiger partial charge < -0.3 is 14.4 Å². The fourth-order valence-electron chi connectivity index (χ4n) is 2.77. The lowest BCUT2D eigenvalue weighted by Gasteiger charge is -2.33. The number of aliphatic hydroxyl groups is 1. The second-order valence-corrected chi connectivity index (χ2v) is 5.78. The number of piperidine rings is 1. The van der Waals surface area contributed by atoms with Crippen LogP contribution in [0.5, 0.6) is 0 Å². The van der Waals surface area contributed by atoms with Crippen LogP contribution >= 0.6 is 0 Å². The van der Waals surface area contributed by atoms with Crippen molar-refractivity contribution in [2.75, 3.05) is 13.1 Å². The predicted molar refractivity (Wildman–Crippen MR) is 76.6 cm³/mol. The van der Waals surface area contributed by atoms with Crippen LogP contribution in [-0.4, -0.2) is 35.1 Å². The maximum absolute atomic E-state index is 13.3. The van der Waals surface area contributed by atoms with E-state index in [9.17, 15) is 14.3 Å². The van der Waals surface area contributed by atoms with Gasteiger partial charge in [0.15, 0.2) is 5.76 Å². The smallest absolute Gasteiger partial charge is 0.289 e. The summed E-state index contributed by atoms with van der Waals surface area (Å²) in [6.07, 6.45) is 0.255. The zero-order valence-electron chi connectivity index (χ0n) is 12.1. The summed E-state index contributed by atoms with van der Waals surface area (Å²) in [4.78, 5) is 14.2. The number of rotatable bonds is 1. The summed E-state index contributed by atoms with van der Waals surface area (Å²) in [5.41, 5.74) is 1.14. The number of benzene rings is 1. The molecule has 2 heterocycles. The van der Waals surface area contributed by atoms with Crippen LogP contribution in [0.3, 0.4) is 0 Å². The van der Waals surface area contributed by atoms with Crippen molar-refractivity contribution in [1.29, 1.82) is 0 Å². The number of carbonyl (C=O) groups is 1. The molecular weight excluding hydrogens is 273 g/mol. The number of furan rings is 1. The standard InChI is InChI=1S/C16H18FNO3/c1-9-5-6-18(8-13(9)19)16(20)15-10(2)12-7-11(17)3-4-14(12)21-15/h3-4,7,9,13,19H,5-6,8H2,1-2H3. The van der Waals surface area contributed by atoms with Crippen LogP contribution < -0.4 is 0 Å². The van der Waals surface area contributed by atoms with E-state index in [-0.39, 0.29) is 23.4 Å². The molecule has 112 valence electrons. The maximum Gasteiger partial charge on any atom is 0.289 e. The van der Waals surface area contributed by atoms with E-state index in [4.69, 9.17) is 4.42 Å². The number of β-amino-alcohol motifs (C(OH)–C–C–N with tert-alkyl or cyclic N) is 1. The first-order chi connectivity index (χ1) is 9.97. The molecular formula is C16H18FNO3. The minimum absolute atomic E-state index is 0.194. The first-order valence-electron chi connectivity index (χ1n) is 7.13. The van der Waals surface area contributed by atoms with Crippen molar-refractivity contribution in [3.05, 3.63) is 35.3 Å². The minimum Gasteiger partial charge on any atom is -0.451 e. The Hall–Kier alpha value is -1.88. The number of amides is 1. The molecule has 5 heteroatoms. The van der Waals surface area contributed by atoms with Gasteiger partial charge >= 0.3 is 0 Å². The molecule has 4 nitrogen and oxygen atoms in total. The van der Waals surface area contributed by atoms with Crippen molar-refractivity contribution in [3.63, 3.8) is 0 Å². The first kappa shape index (κ1) is 14.1. The Balaban J connectivity index is 1.93. The monoisotopic (exact) mass is 291 g/mol. The molecule has 1 saturated heterocycles. The van der Waals surface area contributed by atoms with Gasteiger partial charge in [0.05, 0.1) is 6.10 Å². The van der Waals surface area contributed by atoms with E-state index in [0.29, 0.717) is 29.6 Å². The van der Waals surface area contributed by atoms with Gasteiger partial charge in [-0.1, -0.05) is 6.92 Å². The molecule has 0 radical (unpaired) electrons. The number of nitrogens with zero attached hydrogens (tertiary/aromatic N) is 1. The highest BCUT2D eigenvalue weighted by Gasteiger charge is 2.30. The topological polar surface area (TPSA) is 53.7 Å². The number of hydrogen-bond donors (Lipinski definition) is 1. The van der Waals surface area contributed by atoms with Gasteiger partial charge in [0.2, 0.25) is 0 Å². The molecule has 0 bridgehead atoms. The molecule has 1 aromatic heterocycles. The largest absolute Gasteiger partial charge is 0.451 e. The highest BCUT2D eigenvalue weighted by Crippen LogP contribution is 2.28. The van der Waals surface area contributed by atoms with Gasteiger partial charge in [0, 0.05) is 24.0 Å². The van der Waals surface area contributed by atoms with E-state index < -0.39 is 6.10 Å². The van der Waals surface area contributed by atoms with Gasteiger partial charge in [-0.05, 0) is 37.5 Å². The molecule has 1 aliphatic rings. The third kappa shape index (κ3) is 2.42. The van der Waals surface area contributed by atoms with Crippen LogP contribution in [0.4, 0.5) is 4.39 Å². The lowest BCUT2D eigenvalue weighted by atomic mass is 9.96. The number of halogens is 1. The van der Waals surface area contributed by atoms with E-state index in [1.54, 1.807) is 11.8 Å². The summed E-state index contributed by atoms with van der Waals surface area (Å²) in [7, 11) is 0.